The molecule has 2 aromatic carbocycles. The summed E-state index contributed by atoms with van der Waals surface area (Å²) in [5.41, 5.74) is 2.63. The number of pyridine rings is 1. The van der Waals surface area contributed by atoms with Gasteiger partial charge in [0.2, 0.25) is 0 Å². The Kier molecular flexibility index (Phi) is 3.28. The molecule has 1 heterocycles. The molecule has 3 nitrogen and oxygen atoms in total. The first-order valence-corrected chi connectivity index (χ1v) is 6.49. The molecule has 0 aliphatic heterocycles. The monoisotopic (exact) mass is 280 g/mol. The molecule has 3 rings (SSSR count). The molecule has 3 aromatic rings. The van der Waals surface area contributed by atoms with Crippen LogP contribution in [0.3, 0.4) is 0 Å². The van der Waals surface area contributed by atoms with Crippen LogP contribution in [-0.2, 0) is 0 Å². The minimum absolute atomic E-state index is 0.310. The number of aromatic nitrogens is 1. The van der Waals surface area contributed by atoms with Crippen LogP contribution in [0.4, 0.5) is 4.39 Å². The lowest BCUT2D eigenvalue weighted by Gasteiger charge is -2.10. The third-order valence-electron chi connectivity index (χ3n) is 3.32. The van der Waals surface area contributed by atoms with Gasteiger partial charge in [-0.05, 0) is 41.5 Å². The quantitative estimate of drug-likeness (QED) is 0.733. The summed E-state index contributed by atoms with van der Waals surface area (Å²) >= 11 is 0. The molecule has 0 atom stereocenters. The van der Waals surface area contributed by atoms with Crippen molar-refractivity contribution in [3.63, 3.8) is 0 Å². The summed E-state index contributed by atoms with van der Waals surface area (Å²) in [6, 6.07) is 18.8. The van der Waals surface area contributed by atoms with Gasteiger partial charge in [-0.25, -0.2) is 9.07 Å². The Labute approximate surface area is 121 Å². The molecule has 2 N–H and O–H groups in total. The topological polar surface area (TPSA) is 48.0 Å². The fourth-order valence-electron chi connectivity index (χ4n) is 2.22. The Balaban J connectivity index is 2.19. The van der Waals surface area contributed by atoms with E-state index in [1.165, 1.54) is 18.2 Å². The predicted octanol–water partition coefficient (Wildman–Crippen LogP) is 3.04. The second kappa shape index (κ2) is 5.25. The van der Waals surface area contributed by atoms with E-state index in [4.69, 9.17) is 5.84 Å². The number of nitrogen functional groups attached to an aromatic ring is 1. The van der Waals surface area contributed by atoms with E-state index in [0.717, 1.165) is 15.8 Å². The molecule has 104 valence electrons. The van der Waals surface area contributed by atoms with Crippen molar-refractivity contribution in [2.75, 3.05) is 5.84 Å². The third-order valence-corrected chi connectivity index (χ3v) is 3.32. The van der Waals surface area contributed by atoms with Crippen molar-refractivity contribution in [3.8, 4) is 22.4 Å². The SMILES string of the molecule is Nn1c(-c2ccc(F)cc2)cc(-c2ccccc2)cc1=O. The van der Waals surface area contributed by atoms with Crippen molar-refractivity contribution >= 4 is 0 Å². The number of rotatable bonds is 2. The molecule has 0 spiro atoms. The summed E-state index contributed by atoms with van der Waals surface area (Å²) in [4.78, 5) is 12.0. The van der Waals surface area contributed by atoms with Gasteiger partial charge in [0.15, 0.2) is 0 Å². The Bertz CT molecular complexity index is 824. The van der Waals surface area contributed by atoms with Gasteiger partial charge in [0.05, 0.1) is 5.69 Å². The van der Waals surface area contributed by atoms with Crippen LogP contribution in [0.2, 0.25) is 0 Å². The van der Waals surface area contributed by atoms with Crippen molar-refractivity contribution in [1.29, 1.82) is 0 Å². The first-order chi connectivity index (χ1) is 10.1. The summed E-state index contributed by atoms with van der Waals surface area (Å²) < 4.78 is 14.1. The Morgan fingerprint density at radius 3 is 2.14 bits per heavy atom. The van der Waals surface area contributed by atoms with E-state index in [2.05, 4.69) is 0 Å². The van der Waals surface area contributed by atoms with Crippen LogP contribution in [0.1, 0.15) is 0 Å². The lowest BCUT2D eigenvalue weighted by Crippen LogP contribution is -2.28. The van der Waals surface area contributed by atoms with Gasteiger partial charge in [0, 0.05) is 11.6 Å². The van der Waals surface area contributed by atoms with E-state index >= 15 is 0 Å². The lowest BCUT2D eigenvalue weighted by atomic mass is 10.0. The van der Waals surface area contributed by atoms with E-state index in [0.29, 0.717) is 11.3 Å². The van der Waals surface area contributed by atoms with Crippen LogP contribution in [0, 0.1) is 5.82 Å². The number of hydrogen-bond acceptors (Lipinski definition) is 2. The summed E-state index contributed by atoms with van der Waals surface area (Å²) in [7, 11) is 0. The number of hydrogen-bond donors (Lipinski definition) is 1. The summed E-state index contributed by atoms with van der Waals surface area (Å²) in [6.07, 6.45) is 0. The highest BCUT2D eigenvalue weighted by Gasteiger charge is 2.08. The molecule has 21 heavy (non-hydrogen) atoms. The summed E-state index contributed by atoms with van der Waals surface area (Å²) in [5, 5.41) is 0. The summed E-state index contributed by atoms with van der Waals surface area (Å²) in [5.74, 6) is 5.48. The highest BCUT2D eigenvalue weighted by atomic mass is 19.1. The molecule has 0 amide bonds. The van der Waals surface area contributed by atoms with Crippen LogP contribution >= 0.6 is 0 Å². The van der Waals surface area contributed by atoms with Crippen molar-refractivity contribution < 1.29 is 4.39 Å². The van der Waals surface area contributed by atoms with Gasteiger partial charge in [-0.3, -0.25) is 4.79 Å². The zero-order valence-electron chi connectivity index (χ0n) is 11.2. The smallest absolute Gasteiger partial charge is 0.269 e. The molecule has 0 saturated heterocycles. The van der Waals surface area contributed by atoms with Gasteiger partial charge in [-0.1, -0.05) is 30.3 Å². The molecule has 4 heteroatoms. The highest BCUT2D eigenvalue weighted by molar-refractivity contribution is 5.70. The first-order valence-electron chi connectivity index (χ1n) is 6.49. The maximum absolute atomic E-state index is 13.0. The second-order valence-corrected chi connectivity index (χ2v) is 4.71. The van der Waals surface area contributed by atoms with Crippen LogP contribution in [0.25, 0.3) is 22.4 Å². The van der Waals surface area contributed by atoms with Gasteiger partial charge >= 0.3 is 0 Å². The standard InChI is InChI=1S/C17H13FN2O/c18-15-8-6-13(7-9-15)16-10-14(11-17(21)20(16)19)12-4-2-1-3-5-12/h1-11H,19H2. The molecular formula is C17H13FN2O. The first kappa shape index (κ1) is 13.1. The molecule has 0 radical (unpaired) electrons. The molecule has 0 aliphatic carbocycles. The molecule has 0 saturated carbocycles. The van der Waals surface area contributed by atoms with E-state index < -0.39 is 0 Å². The maximum Gasteiger partial charge on any atom is 0.269 e. The van der Waals surface area contributed by atoms with Crippen molar-refractivity contribution in [3.05, 3.63) is 82.9 Å². The van der Waals surface area contributed by atoms with E-state index in [1.54, 1.807) is 12.1 Å². The van der Waals surface area contributed by atoms with E-state index in [9.17, 15) is 9.18 Å². The number of benzene rings is 2. The molecule has 0 aliphatic rings. The van der Waals surface area contributed by atoms with Gasteiger partial charge < -0.3 is 5.84 Å². The molecule has 0 bridgehead atoms. The van der Waals surface area contributed by atoms with Gasteiger partial charge in [-0.2, -0.15) is 0 Å². The minimum atomic E-state index is -0.330. The average Bonchev–Trinajstić information content (AvgIpc) is 2.52. The van der Waals surface area contributed by atoms with Crippen LogP contribution in [-0.4, -0.2) is 4.68 Å². The van der Waals surface area contributed by atoms with Crippen molar-refractivity contribution in [1.82, 2.24) is 4.68 Å². The predicted molar refractivity (Wildman–Crippen MR) is 81.7 cm³/mol. The second-order valence-electron chi connectivity index (χ2n) is 4.71. The average molecular weight is 280 g/mol. The third kappa shape index (κ3) is 2.56. The maximum atomic E-state index is 13.0. The largest absolute Gasteiger partial charge is 0.336 e. The molecule has 0 unspecified atom stereocenters. The van der Waals surface area contributed by atoms with E-state index in [-0.39, 0.29) is 11.4 Å². The fraction of sp³-hybridized carbons (Fsp3) is 0. The zero-order valence-corrected chi connectivity index (χ0v) is 11.2. The Morgan fingerprint density at radius 1 is 0.810 bits per heavy atom. The molecular weight excluding hydrogens is 267 g/mol. The number of nitrogens with two attached hydrogens (primary N) is 1. The van der Waals surface area contributed by atoms with Crippen LogP contribution in [0.15, 0.2) is 71.5 Å². The number of halogens is 1. The Morgan fingerprint density at radius 2 is 1.48 bits per heavy atom. The van der Waals surface area contributed by atoms with E-state index in [1.807, 2.05) is 36.4 Å². The van der Waals surface area contributed by atoms with Gasteiger partial charge in [0.25, 0.3) is 5.56 Å². The normalized spacial score (nSPS) is 10.5. The van der Waals surface area contributed by atoms with Crippen LogP contribution < -0.4 is 11.4 Å². The number of nitrogens with zero attached hydrogens (tertiary/aromatic N) is 1. The minimum Gasteiger partial charge on any atom is -0.336 e. The highest BCUT2D eigenvalue weighted by Crippen LogP contribution is 2.24. The summed E-state index contributed by atoms with van der Waals surface area (Å²) in [6.45, 7) is 0. The van der Waals surface area contributed by atoms with Crippen molar-refractivity contribution in [2.24, 2.45) is 0 Å². The van der Waals surface area contributed by atoms with Gasteiger partial charge in [-0.15, -0.1) is 0 Å². The molecule has 1 aromatic heterocycles. The fourth-order valence-corrected chi connectivity index (χ4v) is 2.22. The van der Waals surface area contributed by atoms with Crippen molar-refractivity contribution in [2.45, 2.75) is 0 Å². The molecule has 0 fully saturated rings. The van der Waals surface area contributed by atoms with Gasteiger partial charge in [0.1, 0.15) is 5.82 Å². The Hall–Kier alpha value is -2.88. The zero-order chi connectivity index (χ0) is 14.8. The van der Waals surface area contributed by atoms with Crippen LogP contribution in [0.5, 0.6) is 0 Å². The lowest BCUT2D eigenvalue weighted by molar-refractivity contribution is 0.628.